The zero-order valence-electron chi connectivity index (χ0n) is 23.6. The summed E-state index contributed by atoms with van der Waals surface area (Å²) in [5, 5.41) is 5.07. The molecule has 3 rings (SSSR count). The third-order valence-corrected chi connectivity index (χ3v) is 5.90. The van der Waals surface area contributed by atoms with Gasteiger partial charge in [-0.15, -0.1) is 0 Å². The molecular formula is C27H36N8O5. The minimum Gasteiger partial charge on any atom is -0.453 e. The molecule has 3 heterocycles. The molecule has 13 heteroatoms. The van der Waals surface area contributed by atoms with Crippen LogP contribution in [0, 0.1) is 12.8 Å². The normalized spacial score (nSPS) is 12.1. The quantitative estimate of drug-likeness (QED) is 0.305. The van der Waals surface area contributed by atoms with Gasteiger partial charge in [0.25, 0.3) is 5.56 Å². The van der Waals surface area contributed by atoms with Crippen LogP contribution < -0.4 is 16.2 Å². The van der Waals surface area contributed by atoms with Crippen LogP contribution in [0.25, 0.3) is 11.2 Å². The topological polar surface area (TPSA) is 164 Å². The van der Waals surface area contributed by atoms with Crippen LogP contribution in [0.3, 0.4) is 0 Å². The zero-order valence-corrected chi connectivity index (χ0v) is 23.6. The first-order valence-electron chi connectivity index (χ1n) is 12.9. The minimum absolute atomic E-state index is 0.0368. The van der Waals surface area contributed by atoms with Gasteiger partial charge in [-0.05, 0) is 50.3 Å². The van der Waals surface area contributed by atoms with Gasteiger partial charge in [-0.3, -0.25) is 14.4 Å². The summed E-state index contributed by atoms with van der Waals surface area (Å²) in [5.41, 5.74) is 1.73. The maximum Gasteiger partial charge on any atom is 0.407 e. The molecule has 3 amide bonds. The second-order valence-electron chi connectivity index (χ2n) is 9.94. The SMILES string of the molecule is COC(=O)NC(CCC=CC(=O)N(C)C)C(=O)Nc1cccn(Cc2nc3nc(C)nc(CC(C)C)c3[nH]2)c1=O. The van der Waals surface area contributed by atoms with Crippen molar-refractivity contribution in [3.05, 3.63) is 58.2 Å². The van der Waals surface area contributed by atoms with Crippen LogP contribution in [-0.2, 0) is 27.3 Å². The molecule has 0 aliphatic carbocycles. The molecule has 214 valence electrons. The number of nitrogens with one attached hydrogen (secondary N) is 3. The Bertz CT molecular complexity index is 1460. The molecule has 0 aliphatic rings. The van der Waals surface area contributed by atoms with Crippen LogP contribution >= 0.6 is 0 Å². The van der Waals surface area contributed by atoms with E-state index in [2.05, 4.69) is 49.2 Å². The van der Waals surface area contributed by atoms with E-state index < -0.39 is 23.6 Å². The Morgan fingerprint density at radius 3 is 2.62 bits per heavy atom. The molecule has 0 radical (unpaired) electrons. The van der Waals surface area contributed by atoms with E-state index in [9.17, 15) is 19.2 Å². The number of fused-ring (bicyclic) bond motifs is 1. The Kier molecular flexibility index (Phi) is 10.1. The van der Waals surface area contributed by atoms with Gasteiger partial charge in [0.15, 0.2) is 5.65 Å². The molecule has 0 aromatic carbocycles. The number of carbonyl (C=O) groups excluding carboxylic acids is 3. The number of aromatic amines is 1. The molecule has 0 bridgehead atoms. The number of methoxy groups -OCH3 is 1. The van der Waals surface area contributed by atoms with E-state index in [1.165, 1.54) is 28.7 Å². The molecule has 1 atom stereocenters. The van der Waals surface area contributed by atoms with Gasteiger partial charge >= 0.3 is 6.09 Å². The van der Waals surface area contributed by atoms with Gasteiger partial charge < -0.3 is 29.8 Å². The van der Waals surface area contributed by atoms with Crippen LogP contribution in [0.2, 0.25) is 0 Å². The van der Waals surface area contributed by atoms with E-state index in [1.807, 2.05) is 6.92 Å². The number of imidazole rings is 1. The highest BCUT2D eigenvalue weighted by Crippen LogP contribution is 2.17. The van der Waals surface area contributed by atoms with Crippen molar-refractivity contribution in [2.24, 2.45) is 5.92 Å². The lowest BCUT2D eigenvalue weighted by Gasteiger charge is -2.17. The van der Waals surface area contributed by atoms with Crippen LogP contribution in [0.4, 0.5) is 10.5 Å². The summed E-state index contributed by atoms with van der Waals surface area (Å²) in [7, 11) is 4.44. The summed E-state index contributed by atoms with van der Waals surface area (Å²) in [4.78, 5) is 68.0. The molecule has 3 aromatic heterocycles. The number of nitrogens with zero attached hydrogens (tertiary/aromatic N) is 5. The van der Waals surface area contributed by atoms with E-state index in [0.717, 1.165) is 17.6 Å². The Morgan fingerprint density at radius 2 is 1.95 bits per heavy atom. The first-order valence-corrected chi connectivity index (χ1v) is 12.9. The number of hydrogen-bond donors (Lipinski definition) is 3. The van der Waals surface area contributed by atoms with Gasteiger partial charge in [-0.1, -0.05) is 19.9 Å². The lowest BCUT2D eigenvalue weighted by Crippen LogP contribution is -2.44. The Hall–Kier alpha value is -4.55. The van der Waals surface area contributed by atoms with Gasteiger partial charge in [0.1, 0.15) is 28.9 Å². The van der Waals surface area contributed by atoms with Crippen molar-refractivity contribution >= 4 is 34.8 Å². The predicted octanol–water partition coefficient (Wildman–Crippen LogP) is 2.16. The predicted molar refractivity (Wildman–Crippen MR) is 150 cm³/mol. The third-order valence-electron chi connectivity index (χ3n) is 5.90. The van der Waals surface area contributed by atoms with Crippen molar-refractivity contribution in [1.82, 2.24) is 34.7 Å². The minimum atomic E-state index is -1.00. The summed E-state index contributed by atoms with van der Waals surface area (Å²) in [5.74, 6) is 0.740. The summed E-state index contributed by atoms with van der Waals surface area (Å²) < 4.78 is 6.04. The number of alkyl carbamates (subject to hydrolysis) is 1. The fourth-order valence-electron chi connectivity index (χ4n) is 3.94. The number of carbonyl (C=O) groups is 3. The molecule has 1 unspecified atom stereocenters. The smallest absolute Gasteiger partial charge is 0.407 e. The van der Waals surface area contributed by atoms with Crippen LogP contribution in [0.15, 0.2) is 35.3 Å². The molecule has 0 aliphatic heterocycles. The molecule has 13 nitrogen and oxygen atoms in total. The van der Waals surface area contributed by atoms with Crippen molar-refractivity contribution in [3.8, 4) is 0 Å². The number of amides is 3. The third kappa shape index (κ3) is 7.98. The van der Waals surface area contributed by atoms with Crippen molar-refractivity contribution in [3.63, 3.8) is 0 Å². The molecule has 3 N–H and O–H groups in total. The van der Waals surface area contributed by atoms with Crippen LogP contribution in [0.5, 0.6) is 0 Å². The van der Waals surface area contributed by atoms with E-state index in [4.69, 9.17) is 0 Å². The highest BCUT2D eigenvalue weighted by molar-refractivity contribution is 5.96. The number of anilines is 1. The number of H-pyrrole nitrogens is 1. The standard InChI is InChI=1S/C27H36N8O5/c1-16(2)14-20-23-24(29-17(3)28-20)33-21(32-23)15-35-13-9-11-19(26(35)38)30-25(37)18(31-27(39)40-6)10-7-8-12-22(36)34(4)5/h8-9,11-13,16,18H,7,10,14-15H2,1-6H3,(H,30,37)(H,31,39)(H,28,29,32,33). The maximum absolute atomic E-state index is 13.2. The van der Waals surface area contributed by atoms with E-state index in [0.29, 0.717) is 29.6 Å². The molecule has 3 aromatic rings. The van der Waals surface area contributed by atoms with Gasteiger partial charge in [0.05, 0.1) is 19.3 Å². The van der Waals surface area contributed by atoms with Crippen LogP contribution in [0.1, 0.15) is 44.0 Å². The van der Waals surface area contributed by atoms with Crippen molar-refractivity contribution in [2.45, 2.75) is 52.6 Å². The van der Waals surface area contributed by atoms with Crippen molar-refractivity contribution < 1.29 is 19.1 Å². The largest absolute Gasteiger partial charge is 0.453 e. The average Bonchev–Trinajstić information content (AvgIpc) is 3.29. The average molecular weight is 553 g/mol. The number of ether oxygens (including phenoxy) is 1. The number of aryl methyl sites for hydroxylation is 1. The number of likely N-dealkylation sites (N-methyl/N-ethyl adjacent to an activating group) is 1. The molecular weight excluding hydrogens is 516 g/mol. The van der Waals surface area contributed by atoms with Crippen molar-refractivity contribution in [1.29, 1.82) is 0 Å². The molecule has 40 heavy (non-hydrogen) atoms. The van der Waals surface area contributed by atoms with E-state index in [1.54, 1.807) is 32.4 Å². The molecule has 0 saturated carbocycles. The summed E-state index contributed by atoms with van der Waals surface area (Å²) in [6, 6.07) is 2.11. The summed E-state index contributed by atoms with van der Waals surface area (Å²) in [6.07, 6.45) is 5.06. The number of hydrogen-bond acceptors (Lipinski definition) is 8. The Morgan fingerprint density at radius 1 is 1.20 bits per heavy atom. The Balaban J connectivity index is 1.78. The monoisotopic (exact) mass is 552 g/mol. The highest BCUT2D eigenvalue weighted by Gasteiger charge is 2.22. The summed E-state index contributed by atoms with van der Waals surface area (Å²) in [6.45, 7) is 6.14. The van der Waals surface area contributed by atoms with E-state index >= 15 is 0 Å². The molecule has 0 fully saturated rings. The first kappa shape index (κ1) is 30.0. The van der Waals surface area contributed by atoms with Gasteiger partial charge in [-0.2, -0.15) is 0 Å². The fourth-order valence-corrected chi connectivity index (χ4v) is 3.94. The lowest BCUT2D eigenvalue weighted by molar-refractivity contribution is -0.123. The van der Waals surface area contributed by atoms with Crippen molar-refractivity contribution in [2.75, 3.05) is 26.5 Å². The van der Waals surface area contributed by atoms with Gasteiger partial charge in [0, 0.05) is 20.3 Å². The van der Waals surface area contributed by atoms with Gasteiger partial charge in [0.2, 0.25) is 11.8 Å². The fraction of sp³-hybridized carbons (Fsp3) is 0.444. The molecule has 0 saturated heterocycles. The second kappa shape index (κ2) is 13.5. The maximum atomic E-state index is 13.2. The number of rotatable bonds is 11. The van der Waals surface area contributed by atoms with E-state index in [-0.39, 0.29) is 24.6 Å². The summed E-state index contributed by atoms with van der Waals surface area (Å²) >= 11 is 0. The second-order valence-corrected chi connectivity index (χ2v) is 9.94. The first-order chi connectivity index (χ1) is 19.0. The molecule has 0 spiro atoms. The number of aromatic nitrogens is 5. The lowest BCUT2D eigenvalue weighted by atomic mass is 10.1. The highest BCUT2D eigenvalue weighted by atomic mass is 16.5. The number of allylic oxidation sites excluding steroid dienone is 1. The Labute approximate surface area is 232 Å². The zero-order chi connectivity index (χ0) is 29.4. The number of pyridine rings is 1. The van der Waals surface area contributed by atoms with Gasteiger partial charge in [-0.25, -0.2) is 19.7 Å². The van der Waals surface area contributed by atoms with Crippen LogP contribution in [-0.4, -0.2) is 74.6 Å².